The van der Waals surface area contributed by atoms with Gasteiger partial charge in [-0.2, -0.15) is 0 Å². The van der Waals surface area contributed by atoms with Gasteiger partial charge in [0, 0.05) is 13.6 Å². The van der Waals surface area contributed by atoms with Gasteiger partial charge < -0.3 is 27.0 Å². The molecule has 1 unspecified atom stereocenters. The van der Waals surface area contributed by atoms with Gasteiger partial charge in [-0.3, -0.25) is 14.4 Å². The highest BCUT2D eigenvalue weighted by Gasteiger charge is 2.28. The fraction of sp³-hybridized carbons (Fsp3) is 0.500. The number of allylic oxidation sites excluding steroid dienone is 1. The number of rotatable bonds is 4. The molecule has 3 amide bonds. The molecule has 1 atom stereocenters. The number of nitrogens with one attached hydrogen (secondary N) is 2. The molecule has 1 aromatic rings. The number of hydrogen-bond acceptors (Lipinski definition) is 5. The number of likely N-dealkylation sites (N-methyl/N-ethyl adjacent to an activating group) is 1. The maximum atomic E-state index is 12.7. The monoisotopic (exact) mass is 417 g/mol. The van der Waals surface area contributed by atoms with Crippen LogP contribution in [0.1, 0.15) is 49.8 Å². The van der Waals surface area contributed by atoms with E-state index in [4.69, 9.17) is 11.5 Å². The molecule has 1 aromatic carbocycles. The molecule has 0 saturated carbocycles. The average molecular weight is 418 g/mol. The Hall–Kier alpha value is -2.71. The van der Waals surface area contributed by atoms with Crippen LogP contribution < -0.4 is 22.1 Å². The Morgan fingerprint density at radius 1 is 1.23 bits per heavy atom. The highest BCUT2D eigenvalue weighted by atomic mass is 16.2. The minimum Gasteiger partial charge on any atom is -0.355 e. The lowest BCUT2D eigenvalue weighted by Gasteiger charge is -2.27. The van der Waals surface area contributed by atoms with E-state index < -0.39 is 11.9 Å². The number of carbonyl (C=O) groups excluding carboxylic acids is 3. The SMILES string of the molecule is CCCCN.CN(C(=O)CN)C1C(=O)NCC(=O)NCCC/C=C/c2cccc1c2. The molecule has 1 heterocycles. The second-order valence-corrected chi connectivity index (χ2v) is 7.04. The molecule has 1 aliphatic rings. The summed E-state index contributed by atoms with van der Waals surface area (Å²) < 4.78 is 0. The lowest BCUT2D eigenvalue weighted by atomic mass is 10.0. The number of fused-ring (bicyclic) bond motifs is 2. The predicted molar refractivity (Wildman–Crippen MR) is 119 cm³/mol. The second kappa shape index (κ2) is 14.3. The standard InChI is InChI=1S/C18H24N4O3.C4H11N/c1-22(16(24)11-19)17-14-8-5-7-13(10-14)6-3-2-4-9-20-15(23)12-21-18(17)25;1-2-3-4-5/h3,5-8,10,17H,2,4,9,11-12,19H2,1H3,(H,20,23)(H,21,25);2-5H2,1H3/b6-3+;. The molecule has 0 spiro atoms. The van der Waals surface area contributed by atoms with Gasteiger partial charge in [-0.1, -0.05) is 43.7 Å². The number of hydrogen-bond donors (Lipinski definition) is 4. The molecule has 1 aliphatic heterocycles. The maximum absolute atomic E-state index is 12.7. The summed E-state index contributed by atoms with van der Waals surface area (Å²) >= 11 is 0. The quantitative estimate of drug-likeness (QED) is 0.579. The lowest BCUT2D eigenvalue weighted by Crippen LogP contribution is -2.46. The fourth-order valence-corrected chi connectivity index (χ4v) is 2.87. The van der Waals surface area contributed by atoms with Crippen molar-refractivity contribution in [2.75, 3.05) is 33.2 Å². The Bertz CT molecular complexity index is 718. The Morgan fingerprint density at radius 2 is 2.00 bits per heavy atom. The summed E-state index contributed by atoms with van der Waals surface area (Å²) in [5.41, 5.74) is 12.2. The molecule has 6 N–H and O–H groups in total. The highest BCUT2D eigenvalue weighted by molar-refractivity contribution is 5.91. The first kappa shape index (κ1) is 25.3. The van der Waals surface area contributed by atoms with Crippen molar-refractivity contribution in [3.63, 3.8) is 0 Å². The van der Waals surface area contributed by atoms with Crippen LogP contribution in [-0.4, -0.2) is 55.8 Å². The molecule has 2 rings (SSSR count). The Kier molecular flexibility index (Phi) is 12.1. The minimum absolute atomic E-state index is 0.129. The van der Waals surface area contributed by atoms with Crippen molar-refractivity contribution in [2.24, 2.45) is 11.5 Å². The molecule has 0 radical (unpaired) electrons. The molecule has 2 bridgehead atoms. The van der Waals surface area contributed by atoms with Gasteiger partial charge in [0.25, 0.3) is 0 Å². The first-order valence-electron chi connectivity index (χ1n) is 10.4. The van der Waals surface area contributed by atoms with E-state index in [0.29, 0.717) is 12.1 Å². The van der Waals surface area contributed by atoms with Crippen molar-refractivity contribution >= 4 is 23.8 Å². The van der Waals surface area contributed by atoms with Gasteiger partial charge in [0.2, 0.25) is 17.7 Å². The van der Waals surface area contributed by atoms with Crippen molar-refractivity contribution in [2.45, 2.75) is 38.6 Å². The summed E-state index contributed by atoms with van der Waals surface area (Å²) in [7, 11) is 1.53. The van der Waals surface area contributed by atoms with E-state index in [-0.39, 0.29) is 24.9 Å². The van der Waals surface area contributed by atoms with Crippen LogP contribution >= 0.6 is 0 Å². The van der Waals surface area contributed by atoms with Crippen LogP contribution in [-0.2, 0) is 14.4 Å². The van der Waals surface area contributed by atoms with Gasteiger partial charge in [-0.15, -0.1) is 0 Å². The largest absolute Gasteiger partial charge is 0.355 e. The van der Waals surface area contributed by atoms with Crippen LogP contribution in [0.4, 0.5) is 0 Å². The molecule has 0 aliphatic carbocycles. The lowest BCUT2D eigenvalue weighted by molar-refractivity contribution is -0.138. The van der Waals surface area contributed by atoms with Crippen molar-refractivity contribution in [1.29, 1.82) is 0 Å². The van der Waals surface area contributed by atoms with Crippen LogP contribution in [0.15, 0.2) is 30.3 Å². The van der Waals surface area contributed by atoms with E-state index in [2.05, 4.69) is 17.6 Å². The third-order valence-corrected chi connectivity index (χ3v) is 4.59. The van der Waals surface area contributed by atoms with Crippen molar-refractivity contribution < 1.29 is 14.4 Å². The molecule has 0 aromatic heterocycles. The molecule has 30 heavy (non-hydrogen) atoms. The van der Waals surface area contributed by atoms with E-state index in [1.54, 1.807) is 6.07 Å². The normalized spacial score (nSPS) is 18.1. The topological polar surface area (TPSA) is 131 Å². The third kappa shape index (κ3) is 8.75. The van der Waals surface area contributed by atoms with Crippen molar-refractivity contribution in [3.05, 3.63) is 41.5 Å². The van der Waals surface area contributed by atoms with Crippen LogP contribution in [0, 0.1) is 0 Å². The number of benzene rings is 1. The smallest absolute Gasteiger partial charge is 0.247 e. The van der Waals surface area contributed by atoms with Gasteiger partial charge in [0.05, 0.1) is 13.1 Å². The van der Waals surface area contributed by atoms with E-state index in [0.717, 1.165) is 24.9 Å². The average Bonchev–Trinajstić information content (AvgIpc) is 2.75. The zero-order chi connectivity index (χ0) is 22.4. The zero-order valence-electron chi connectivity index (χ0n) is 18.0. The Morgan fingerprint density at radius 3 is 2.63 bits per heavy atom. The van der Waals surface area contributed by atoms with Crippen LogP contribution in [0.5, 0.6) is 0 Å². The summed E-state index contributed by atoms with van der Waals surface area (Å²) in [5.74, 6) is -1.03. The van der Waals surface area contributed by atoms with E-state index in [1.807, 2.05) is 30.4 Å². The van der Waals surface area contributed by atoms with Gasteiger partial charge in [0.15, 0.2) is 0 Å². The summed E-state index contributed by atoms with van der Waals surface area (Å²) in [5, 5.41) is 5.36. The first-order valence-corrected chi connectivity index (χ1v) is 10.4. The molecule has 0 fully saturated rings. The van der Waals surface area contributed by atoms with Crippen LogP contribution in [0.2, 0.25) is 0 Å². The van der Waals surface area contributed by atoms with Crippen molar-refractivity contribution in [3.8, 4) is 0 Å². The molecule has 8 nitrogen and oxygen atoms in total. The summed E-state index contributed by atoms with van der Waals surface area (Å²) in [6, 6.07) is 6.59. The number of nitrogens with zero attached hydrogens (tertiary/aromatic N) is 1. The predicted octanol–water partition coefficient (Wildman–Crippen LogP) is 0.929. The van der Waals surface area contributed by atoms with Gasteiger partial charge >= 0.3 is 0 Å². The summed E-state index contributed by atoms with van der Waals surface area (Å²) in [6.45, 7) is 3.20. The molecular weight excluding hydrogens is 382 g/mol. The van der Waals surface area contributed by atoms with Gasteiger partial charge in [0.1, 0.15) is 6.04 Å². The zero-order valence-corrected chi connectivity index (χ0v) is 18.0. The minimum atomic E-state index is -0.847. The number of unbranched alkanes of at least 4 members (excludes halogenated alkanes) is 1. The van der Waals surface area contributed by atoms with Crippen LogP contribution in [0.25, 0.3) is 6.08 Å². The second-order valence-electron chi connectivity index (χ2n) is 7.04. The first-order chi connectivity index (χ1) is 14.4. The van der Waals surface area contributed by atoms with Crippen molar-refractivity contribution in [1.82, 2.24) is 15.5 Å². The number of amides is 3. The number of carbonyl (C=O) groups is 3. The Labute approximate surface area is 179 Å². The van der Waals surface area contributed by atoms with E-state index in [9.17, 15) is 14.4 Å². The molecule has 0 saturated heterocycles. The maximum Gasteiger partial charge on any atom is 0.247 e. The molecule has 166 valence electrons. The highest BCUT2D eigenvalue weighted by Crippen LogP contribution is 2.22. The van der Waals surface area contributed by atoms with E-state index in [1.165, 1.54) is 24.8 Å². The molecular formula is C22H35N5O3. The third-order valence-electron chi connectivity index (χ3n) is 4.59. The van der Waals surface area contributed by atoms with Gasteiger partial charge in [-0.05, 0) is 43.0 Å². The van der Waals surface area contributed by atoms with Crippen LogP contribution in [0.3, 0.4) is 0 Å². The summed E-state index contributed by atoms with van der Waals surface area (Å²) in [6.07, 6.45) is 8.05. The Balaban J connectivity index is 0.000000804. The molecule has 8 heteroatoms. The van der Waals surface area contributed by atoms with Gasteiger partial charge in [-0.25, -0.2) is 0 Å². The fourth-order valence-electron chi connectivity index (χ4n) is 2.87. The number of nitrogens with two attached hydrogens (primary N) is 2. The summed E-state index contributed by atoms with van der Waals surface area (Å²) in [4.78, 5) is 37.8. The van der Waals surface area contributed by atoms with E-state index >= 15 is 0 Å².